The van der Waals surface area contributed by atoms with Crippen LogP contribution in [0.5, 0.6) is 5.75 Å². The Bertz CT molecular complexity index is 632. The van der Waals surface area contributed by atoms with Crippen LogP contribution in [0.1, 0.15) is 15.2 Å². The summed E-state index contributed by atoms with van der Waals surface area (Å²) in [6, 6.07) is 6.22. The van der Waals surface area contributed by atoms with Crippen molar-refractivity contribution in [3.05, 3.63) is 40.1 Å². The quantitative estimate of drug-likeness (QED) is 0.913. The molecule has 0 aliphatic heterocycles. The normalized spacial score (nSPS) is 12.1. The first-order valence-electron chi connectivity index (χ1n) is 5.55. The summed E-state index contributed by atoms with van der Waals surface area (Å²) in [6.07, 6.45) is 0. The lowest BCUT2D eigenvalue weighted by Crippen LogP contribution is -2.17. The number of phenols is 1. The van der Waals surface area contributed by atoms with Gasteiger partial charge in [-0.25, -0.2) is 4.21 Å². The lowest BCUT2D eigenvalue weighted by molar-refractivity contribution is 0.0966. The predicted molar refractivity (Wildman–Crippen MR) is 75.2 cm³/mol. The Morgan fingerprint density at radius 1 is 1.32 bits per heavy atom. The van der Waals surface area contributed by atoms with Crippen molar-refractivity contribution < 1.29 is 14.1 Å². The van der Waals surface area contributed by atoms with Crippen LogP contribution < -0.4 is 5.32 Å². The van der Waals surface area contributed by atoms with Gasteiger partial charge >= 0.3 is 0 Å². The molecule has 0 fully saturated rings. The number of benzene rings is 1. The fourth-order valence-electron chi connectivity index (χ4n) is 1.62. The first-order chi connectivity index (χ1) is 9.04. The summed E-state index contributed by atoms with van der Waals surface area (Å²) in [7, 11) is 0.223. The smallest absolute Gasteiger partial charge is 0.261 e. The molecular weight excluding hydrogens is 282 g/mol. The van der Waals surface area contributed by atoms with Crippen LogP contribution in [0, 0.1) is 6.92 Å². The molecule has 0 saturated carbocycles. The lowest BCUT2D eigenvalue weighted by Gasteiger charge is -2.03. The molecule has 1 atom stereocenters. The van der Waals surface area contributed by atoms with Gasteiger partial charge in [-0.2, -0.15) is 0 Å². The molecule has 1 aromatic carbocycles. The van der Waals surface area contributed by atoms with E-state index in [4.69, 9.17) is 0 Å². The molecule has 1 heterocycles. The average Bonchev–Trinajstić information content (AvgIpc) is 2.80. The van der Waals surface area contributed by atoms with Gasteiger partial charge in [0.15, 0.2) is 0 Å². The summed E-state index contributed by atoms with van der Waals surface area (Å²) in [5, 5.41) is 13.5. The van der Waals surface area contributed by atoms with Crippen molar-refractivity contribution >= 4 is 28.0 Å². The van der Waals surface area contributed by atoms with Gasteiger partial charge in [0, 0.05) is 17.3 Å². The molecule has 0 spiro atoms. The van der Waals surface area contributed by atoms with Gasteiger partial charge in [0.25, 0.3) is 5.91 Å². The molecule has 0 radical (unpaired) electrons. The number of carbonyl (C=O) groups excluding carboxylic acids is 1. The molecule has 100 valence electrons. The van der Waals surface area contributed by atoms with Crippen LogP contribution in [0.15, 0.2) is 39.4 Å². The van der Waals surface area contributed by atoms with E-state index >= 15 is 0 Å². The fourth-order valence-corrected chi connectivity index (χ4v) is 4.09. The molecule has 19 heavy (non-hydrogen) atoms. The van der Waals surface area contributed by atoms with Crippen LogP contribution >= 0.6 is 11.3 Å². The van der Waals surface area contributed by atoms with Crippen molar-refractivity contribution in [3.8, 4) is 5.75 Å². The zero-order valence-electron chi connectivity index (χ0n) is 10.5. The van der Waals surface area contributed by atoms with Gasteiger partial charge in [-0.05, 0) is 36.8 Å². The SMILES string of the molecule is CNC(=O)c1scc(S(=O)c2ccc(O)cc2)c1C. The van der Waals surface area contributed by atoms with Crippen LogP contribution in [-0.2, 0) is 10.8 Å². The van der Waals surface area contributed by atoms with Crippen molar-refractivity contribution in [3.63, 3.8) is 0 Å². The van der Waals surface area contributed by atoms with E-state index in [1.807, 2.05) is 0 Å². The Morgan fingerprint density at radius 3 is 2.53 bits per heavy atom. The number of phenolic OH excluding ortho intramolecular Hbond substituents is 1. The van der Waals surface area contributed by atoms with E-state index in [2.05, 4.69) is 5.32 Å². The second kappa shape index (κ2) is 5.54. The van der Waals surface area contributed by atoms with Crippen LogP contribution in [-0.4, -0.2) is 22.3 Å². The van der Waals surface area contributed by atoms with Crippen molar-refractivity contribution in [2.45, 2.75) is 16.7 Å². The van der Waals surface area contributed by atoms with E-state index in [9.17, 15) is 14.1 Å². The molecule has 0 aliphatic rings. The molecule has 6 heteroatoms. The largest absolute Gasteiger partial charge is 0.508 e. The fraction of sp³-hybridized carbons (Fsp3) is 0.154. The number of carbonyl (C=O) groups is 1. The molecule has 2 N–H and O–H groups in total. The number of rotatable bonds is 3. The predicted octanol–water partition coefficient (Wildman–Crippen LogP) is 2.29. The van der Waals surface area contributed by atoms with E-state index in [1.165, 1.54) is 23.5 Å². The summed E-state index contributed by atoms with van der Waals surface area (Å²) < 4.78 is 12.4. The van der Waals surface area contributed by atoms with E-state index in [0.717, 1.165) is 5.56 Å². The number of hydrogen-bond donors (Lipinski definition) is 2. The number of nitrogens with one attached hydrogen (secondary N) is 1. The Balaban J connectivity index is 2.37. The van der Waals surface area contributed by atoms with Gasteiger partial charge < -0.3 is 10.4 Å². The van der Waals surface area contributed by atoms with Gasteiger partial charge in [-0.3, -0.25) is 4.79 Å². The Morgan fingerprint density at radius 2 is 1.95 bits per heavy atom. The third kappa shape index (κ3) is 2.69. The molecule has 1 aromatic heterocycles. The lowest BCUT2D eigenvalue weighted by atomic mass is 10.3. The van der Waals surface area contributed by atoms with E-state index in [1.54, 1.807) is 31.5 Å². The van der Waals surface area contributed by atoms with Gasteiger partial charge in [-0.1, -0.05) is 0 Å². The summed E-state index contributed by atoms with van der Waals surface area (Å²) in [5.41, 5.74) is 0.732. The first-order valence-corrected chi connectivity index (χ1v) is 7.58. The zero-order chi connectivity index (χ0) is 14.0. The maximum absolute atomic E-state index is 12.4. The van der Waals surface area contributed by atoms with Gasteiger partial charge in [-0.15, -0.1) is 11.3 Å². The van der Waals surface area contributed by atoms with E-state index in [0.29, 0.717) is 14.7 Å². The zero-order valence-corrected chi connectivity index (χ0v) is 12.1. The molecule has 0 saturated heterocycles. The number of hydrogen-bond acceptors (Lipinski definition) is 4. The number of aromatic hydroxyl groups is 1. The second-order valence-electron chi connectivity index (χ2n) is 3.90. The Labute approximate surface area is 117 Å². The monoisotopic (exact) mass is 295 g/mol. The topological polar surface area (TPSA) is 66.4 Å². The highest BCUT2D eigenvalue weighted by molar-refractivity contribution is 7.85. The minimum Gasteiger partial charge on any atom is -0.508 e. The van der Waals surface area contributed by atoms with Crippen LogP contribution in [0.3, 0.4) is 0 Å². The van der Waals surface area contributed by atoms with Crippen LogP contribution in [0.4, 0.5) is 0 Å². The third-order valence-corrected chi connectivity index (χ3v) is 5.43. The molecule has 2 rings (SSSR count). The number of thiophene rings is 1. The summed E-state index contributed by atoms with van der Waals surface area (Å²) in [6.45, 7) is 1.79. The highest BCUT2D eigenvalue weighted by Gasteiger charge is 2.18. The second-order valence-corrected chi connectivity index (χ2v) is 6.22. The van der Waals surface area contributed by atoms with Gasteiger partial charge in [0.2, 0.25) is 0 Å². The van der Waals surface area contributed by atoms with Crippen LogP contribution in [0.25, 0.3) is 0 Å². The molecule has 1 amide bonds. The molecule has 0 bridgehead atoms. The average molecular weight is 295 g/mol. The molecular formula is C13H13NO3S2. The third-order valence-electron chi connectivity index (χ3n) is 2.68. The summed E-state index contributed by atoms with van der Waals surface area (Å²) >= 11 is 1.28. The maximum Gasteiger partial charge on any atom is 0.261 e. The highest BCUT2D eigenvalue weighted by atomic mass is 32.2. The highest BCUT2D eigenvalue weighted by Crippen LogP contribution is 2.28. The van der Waals surface area contributed by atoms with Crippen molar-refractivity contribution in [2.24, 2.45) is 0 Å². The summed E-state index contributed by atoms with van der Waals surface area (Å²) in [4.78, 5) is 13.4. The number of amides is 1. The van der Waals surface area contributed by atoms with Crippen LogP contribution in [0.2, 0.25) is 0 Å². The minimum atomic E-state index is -1.35. The standard InChI is InChI=1S/C13H13NO3S2/c1-8-11(7-18-12(8)13(16)14-2)19(17)10-5-3-9(15)4-6-10/h3-7,15H,1-2H3,(H,14,16). The van der Waals surface area contributed by atoms with Crippen molar-refractivity contribution in [1.29, 1.82) is 0 Å². The van der Waals surface area contributed by atoms with E-state index < -0.39 is 10.8 Å². The Hall–Kier alpha value is -1.66. The van der Waals surface area contributed by atoms with Gasteiger partial charge in [0.05, 0.1) is 20.6 Å². The van der Waals surface area contributed by atoms with Crippen molar-refractivity contribution in [2.75, 3.05) is 7.05 Å². The maximum atomic E-state index is 12.4. The first kappa shape index (κ1) is 13.8. The van der Waals surface area contributed by atoms with E-state index in [-0.39, 0.29) is 11.7 Å². The van der Waals surface area contributed by atoms with Gasteiger partial charge in [0.1, 0.15) is 5.75 Å². The Kier molecular flexibility index (Phi) is 4.01. The molecule has 1 unspecified atom stereocenters. The molecule has 2 aromatic rings. The minimum absolute atomic E-state index is 0.133. The molecule has 4 nitrogen and oxygen atoms in total. The summed E-state index contributed by atoms with van der Waals surface area (Å²) in [5.74, 6) is -0.0368. The molecule has 0 aliphatic carbocycles. The van der Waals surface area contributed by atoms with Crippen molar-refractivity contribution in [1.82, 2.24) is 5.32 Å².